The fraction of sp³-hybridized carbons (Fsp3) is 0.875. The van der Waals surface area contributed by atoms with Crippen molar-refractivity contribution < 1.29 is 14.3 Å². The van der Waals surface area contributed by atoms with E-state index in [1.807, 2.05) is 0 Å². The number of rotatable bonds is 2. The largest absolute Gasteiger partial charge is 0.480 e. The zero-order chi connectivity index (χ0) is 9.14. The Morgan fingerprint density at radius 1 is 1.75 bits per heavy atom. The number of halogens is 1. The normalized spacial score (nSPS) is 28.3. The molecule has 1 fully saturated rings. The molecule has 1 saturated heterocycles. The number of likely N-dealkylation sites (tertiary alicyclic amines) is 1. The number of carboxylic acids is 1. The number of carbonyl (C=O) groups is 1. The van der Waals surface area contributed by atoms with Gasteiger partial charge < -0.3 is 5.11 Å². The maximum atomic E-state index is 12.8. The number of hydrogen-bond acceptors (Lipinski definition) is 2. The molecular formula is C8H14FNO2. The van der Waals surface area contributed by atoms with Crippen LogP contribution in [0.25, 0.3) is 0 Å². The number of carboxylic acid groups (broad SMARTS) is 1. The molecule has 1 aliphatic rings. The van der Waals surface area contributed by atoms with Crippen LogP contribution in [0.4, 0.5) is 4.39 Å². The summed E-state index contributed by atoms with van der Waals surface area (Å²) >= 11 is 0. The third-order valence-corrected chi connectivity index (χ3v) is 2.30. The van der Waals surface area contributed by atoms with Crippen LogP contribution in [0, 0.1) is 0 Å². The molecule has 4 heteroatoms. The first kappa shape index (κ1) is 9.45. The summed E-state index contributed by atoms with van der Waals surface area (Å²) in [6.45, 7) is 2.57. The monoisotopic (exact) mass is 175 g/mol. The van der Waals surface area contributed by atoms with Crippen LogP contribution in [0.15, 0.2) is 0 Å². The quantitative estimate of drug-likeness (QED) is 0.677. The molecule has 0 amide bonds. The molecule has 12 heavy (non-hydrogen) atoms. The molecular weight excluding hydrogens is 161 g/mol. The lowest BCUT2D eigenvalue weighted by atomic mass is 10.1. The highest BCUT2D eigenvalue weighted by Crippen LogP contribution is 2.15. The second-order valence-corrected chi connectivity index (χ2v) is 3.25. The summed E-state index contributed by atoms with van der Waals surface area (Å²) in [7, 11) is 0. The van der Waals surface area contributed by atoms with Crippen molar-refractivity contribution in [1.29, 1.82) is 0 Å². The maximum absolute atomic E-state index is 12.8. The van der Waals surface area contributed by atoms with Gasteiger partial charge in [0.15, 0.2) is 0 Å². The van der Waals surface area contributed by atoms with Crippen LogP contribution in [0.3, 0.4) is 0 Å². The van der Waals surface area contributed by atoms with Crippen molar-refractivity contribution in [3.8, 4) is 0 Å². The van der Waals surface area contributed by atoms with Gasteiger partial charge in [0.2, 0.25) is 0 Å². The predicted molar refractivity (Wildman–Crippen MR) is 42.8 cm³/mol. The molecule has 1 aliphatic heterocycles. The molecule has 1 heterocycles. The summed E-state index contributed by atoms with van der Waals surface area (Å²) in [4.78, 5) is 12.2. The Morgan fingerprint density at radius 2 is 2.42 bits per heavy atom. The van der Waals surface area contributed by atoms with Crippen molar-refractivity contribution in [2.24, 2.45) is 0 Å². The van der Waals surface area contributed by atoms with Gasteiger partial charge in [0.25, 0.3) is 0 Å². The molecule has 0 aromatic carbocycles. The minimum atomic E-state index is -0.871. The molecule has 0 aromatic heterocycles. The van der Waals surface area contributed by atoms with E-state index in [2.05, 4.69) is 0 Å². The third kappa shape index (κ3) is 2.17. The summed E-state index contributed by atoms with van der Waals surface area (Å²) in [5.74, 6) is -0.871. The van der Waals surface area contributed by atoms with Gasteiger partial charge in [-0.15, -0.1) is 0 Å². The lowest BCUT2D eigenvalue weighted by Crippen LogP contribution is -2.45. The molecule has 1 N–H and O–H groups in total. The van der Waals surface area contributed by atoms with Gasteiger partial charge >= 0.3 is 5.97 Å². The van der Waals surface area contributed by atoms with E-state index in [9.17, 15) is 9.18 Å². The maximum Gasteiger partial charge on any atom is 0.320 e. The Kier molecular flexibility index (Phi) is 3.03. The number of aliphatic carboxylic acids is 1. The van der Waals surface area contributed by atoms with Crippen LogP contribution in [0.2, 0.25) is 0 Å². The van der Waals surface area contributed by atoms with Gasteiger partial charge in [-0.2, -0.15) is 0 Å². The molecule has 0 aliphatic carbocycles. The van der Waals surface area contributed by atoms with Crippen molar-refractivity contribution in [1.82, 2.24) is 4.90 Å². The number of hydrogen-bond donors (Lipinski definition) is 1. The van der Waals surface area contributed by atoms with Crippen LogP contribution in [0.1, 0.15) is 19.8 Å². The molecule has 2 atom stereocenters. The zero-order valence-electron chi connectivity index (χ0n) is 7.16. The second-order valence-electron chi connectivity index (χ2n) is 3.25. The first-order valence-corrected chi connectivity index (χ1v) is 4.22. The standard InChI is InChI=1S/C8H14FNO2/c1-6(8(11)12)10-4-2-3-7(9)5-10/h6-7H,2-5H2,1H3,(H,11,12). The van der Waals surface area contributed by atoms with Gasteiger partial charge in [-0.3, -0.25) is 9.69 Å². The van der Waals surface area contributed by atoms with Gasteiger partial charge in [-0.05, 0) is 26.3 Å². The van der Waals surface area contributed by atoms with Crippen LogP contribution < -0.4 is 0 Å². The molecule has 0 spiro atoms. The molecule has 2 unspecified atom stereocenters. The number of nitrogens with zero attached hydrogens (tertiary/aromatic N) is 1. The van der Waals surface area contributed by atoms with Crippen LogP contribution in [-0.4, -0.2) is 41.3 Å². The topological polar surface area (TPSA) is 40.5 Å². The highest BCUT2D eigenvalue weighted by Gasteiger charge is 2.26. The highest BCUT2D eigenvalue weighted by atomic mass is 19.1. The van der Waals surface area contributed by atoms with E-state index in [1.54, 1.807) is 11.8 Å². The van der Waals surface area contributed by atoms with Gasteiger partial charge in [0, 0.05) is 6.54 Å². The van der Waals surface area contributed by atoms with Gasteiger partial charge in [0.05, 0.1) is 0 Å². The van der Waals surface area contributed by atoms with Crippen molar-refractivity contribution in [3.63, 3.8) is 0 Å². The van der Waals surface area contributed by atoms with Gasteiger partial charge in [0.1, 0.15) is 12.2 Å². The molecule has 0 bridgehead atoms. The molecule has 0 saturated carbocycles. The Morgan fingerprint density at radius 3 is 2.92 bits per heavy atom. The minimum Gasteiger partial charge on any atom is -0.480 e. The predicted octanol–water partition coefficient (Wildman–Crippen LogP) is 0.893. The summed E-state index contributed by atoms with van der Waals surface area (Å²) in [5, 5.41) is 8.66. The van der Waals surface area contributed by atoms with Crippen molar-refractivity contribution >= 4 is 5.97 Å². The van der Waals surface area contributed by atoms with E-state index in [0.29, 0.717) is 13.0 Å². The van der Waals surface area contributed by atoms with Gasteiger partial charge in [-0.1, -0.05) is 0 Å². The van der Waals surface area contributed by atoms with E-state index < -0.39 is 18.2 Å². The van der Waals surface area contributed by atoms with E-state index >= 15 is 0 Å². The Labute approximate surface area is 71.2 Å². The van der Waals surface area contributed by atoms with Gasteiger partial charge in [-0.25, -0.2) is 4.39 Å². The van der Waals surface area contributed by atoms with E-state index in [1.165, 1.54) is 0 Å². The Bertz CT molecular complexity index is 174. The van der Waals surface area contributed by atoms with Crippen LogP contribution >= 0.6 is 0 Å². The second kappa shape index (κ2) is 3.85. The Balaban J connectivity index is 2.45. The van der Waals surface area contributed by atoms with Crippen LogP contribution in [-0.2, 0) is 4.79 Å². The SMILES string of the molecule is CC(C(=O)O)N1CCCC(F)C1. The molecule has 0 radical (unpaired) electrons. The fourth-order valence-electron chi connectivity index (χ4n) is 1.46. The fourth-order valence-corrected chi connectivity index (χ4v) is 1.46. The third-order valence-electron chi connectivity index (χ3n) is 2.30. The van der Waals surface area contributed by atoms with Crippen molar-refractivity contribution in [3.05, 3.63) is 0 Å². The number of alkyl halides is 1. The van der Waals surface area contributed by atoms with Crippen molar-refractivity contribution in [2.45, 2.75) is 32.0 Å². The first-order chi connectivity index (χ1) is 5.61. The van der Waals surface area contributed by atoms with E-state index in [0.717, 1.165) is 6.42 Å². The number of piperidine rings is 1. The minimum absolute atomic E-state index is 0.271. The summed E-state index contributed by atoms with van der Waals surface area (Å²) in [6, 6.07) is -0.552. The molecule has 0 aromatic rings. The first-order valence-electron chi connectivity index (χ1n) is 4.22. The molecule has 3 nitrogen and oxygen atoms in total. The Hall–Kier alpha value is -0.640. The molecule has 70 valence electrons. The van der Waals surface area contributed by atoms with E-state index in [-0.39, 0.29) is 6.54 Å². The summed E-state index contributed by atoms with van der Waals surface area (Å²) < 4.78 is 12.8. The van der Waals surface area contributed by atoms with Crippen molar-refractivity contribution in [2.75, 3.05) is 13.1 Å². The smallest absolute Gasteiger partial charge is 0.320 e. The van der Waals surface area contributed by atoms with E-state index in [4.69, 9.17) is 5.11 Å². The highest BCUT2D eigenvalue weighted by molar-refractivity contribution is 5.72. The summed E-state index contributed by atoms with van der Waals surface area (Å²) in [6.07, 6.45) is 0.488. The molecule has 1 rings (SSSR count). The lowest BCUT2D eigenvalue weighted by molar-refractivity contribution is -0.143. The average molecular weight is 175 g/mol. The zero-order valence-corrected chi connectivity index (χ0v) is 7.16. The van der Waals surface area contributed by atoms with Crippen LogP contribution in [0.5, 0.6) is 0 Å². The summed E-state index contributed by atoms with van der Waals surface area (Å²) in [5.41, 5.74) is 0. The average Bonchev–Trinajstić information content (AvgIpc) is 2.03. The lowest BCUT2D eigenvalue weighted by Gasteiger charge is -2.31.